The quantitative estimate of drug-likeness (QED) is 0.766. The second-order valence-corrected chi connectivity index (χ2v) is 5.26. The standard InChI is InChI=1S/C14H23NOS/c1-4-10-15-14(11-17-5-2)12-6-8-13(16-3)9-7-12/h6-9,14-15H,4-5,10-11H2,1-3H3. The normalized spacial score (nSPS) is 12.4. The third-order valence-electron chi connectivity index (χ3n) is 2.65. The maximum Gasteiger partial charge on any atom is 0.118 e. The summed E-state index contributed by atoms with van der Waals surface area (Å²) in [6.07, 6.45) is 1.17. The third-order valence-corrected chi connectivity index (χ3v) is 3.62. The second kappa shape index (κ2) is 8.43. The van der Waals surface area contributed by atoms with Crippen LogP contribution in [0.25, 0.3) is 0 Å². The van der Waals surface area contributed by atoms with E-state index in [1.165, 1.54) is 17.7 Å². The van der Waals surface area contributed by atoms with Gasteiger partial charge in [0.1, 0.15) is 5.75 Å². The number of nitrogens with one attached hydrogen (secondary N) is 1. The largest absolute Gasteiger partial charge is 0.497 e. The molecule has 0 radical (unpaired) electrons. The fourth-order valence-electron chi connectivity index (χ4n) is 1.66. The van der Waals surface area contributed by atoms with Crippen molar-refractivity contribution in [2.75, 3.05) is 25.2 Å². The molecule has 1 aromatic carbocycles. The fraction of sp³-hybridized carbons (Fsp3) is 0.571. The van der Waals surface area contributed by atoms with Gasteiger partial charge in [-0.15, -0.1) is 0 Å². The zero-order valence-corrected chi connectivity index (χ0v) is 11.8. The highest BCUT2D eigenvalue weighted by molar-refractivity contribution is 7.99. The molecule has 0 heterocycles. The van der Waals surface area contributed by atoms with Crippen molar-refractivity contribution >= 4 is 11.8 Å². The molecule has 0 bridgehead atoms. The maximum atomic E-state index is 5.19. The van der Waals surface area contributed by atoms with Crippen LogP contribution in [0.15, 0.2) is 24.3 Å². The molecule has 1 aromatic rings. The Morgan fingerprint density at radius 2 is 1.94 bits per heavy atom. The molecule has 0 aliphatic heterocycles. The Balaban J connectivity index is 2.65. The molecule has 0 spiro atoms. The topological polar surface area (TPSA) is 21.3 Å². The van der Waals surface area contributed by atoms with E-state index in [2.05, 4.69) is 31.3 Å². The summed E-state index contributed by atoms with van der Waals surface area (Å²) in [5.41, 5.74) is 1.35. The zero-order chi connectivity index (χ0) is 12.5. The van der Waals surface area contributed by atoms with Crippen LogP contribution in [-0.4, -0.2) is 25.2 Å². The molecule has 0 saturated heterocycles. The smallest absolute Gasteiger partial charge is 0.118 e. The summed E-state index contributed by atoms with van der Waals surface area (Å²) in [5.74, 6) is 3.22. The van der Waals surface area contributed by atoms with Gasteiger partial charge in [-0.2, -0.15) is 11.8 Å². The molecule has 1 atom stereocenters. The van der Waals surface area contributed by atoms with Gasteiger partial charge in [0.15, 0.2) is 0 Å². The maximum absolute atomic E-state index is 5.19. The first-order valence-corrected chi connectivity index (χ1v) is 7.42. The minimum atomic E-state index is 0.450. The molecular formula is C14H23NOS. The number of hydrogen-bond donors (Lipinski definition) is 1. The number of rotatable bonds is 8. The minimum absolute atomic E-state index is 0.450. The van der Waals surface area contributed by atoms with Crippen molar-refractivity contribution in [2.24, 2.45) is 0 Å². The fourth-order valence-corrected chi connectivity index (χ4v) is 2.45. The van der Waals surface area contributed by atoms with E-state index in [1.807, 2.05) is 23.9 Å². The highest BCUT2D eigenvalue weighted by Gasteiger charge is 2.10. The van der Waals surface area contributed by atoms with Crippen LogP contribution in [0.2, 0.25) is 0 Å². The predicted octanol–water partition coefficient (Wildman–Crippen LogP) is 3.49. The second-order valence-electron chi connectivity index (χ2n) is 3.94. The molecule has 0 fully saturated rings. The van der Waals surface area contributed by atoms with E-state index in [0.717, 1.165) is 18.0 Å². The Hall–Kier alpha value is -0.670. The van der Waals surface area contributed by atoms with E-state index in [0.29, 0.717) is 6.04 Å². The lowest BCUT2D eigenvalue weighted by molar-refractivity contribution is 0.414. The van der Waals surface area contributed by atoms with Crippen LogP contribution in [0.4, 0.5) is 0 Å². The Morgan fingerprint density at radius 3 is 2.47 bits per heavy atom. The van der Waals surface area contributed by atoms with Gasteiger partial charge in [-0.25, -0.2) is 0 Å². The van der Waals surface area contributed by atoms with Crippen molar-refractivity contribution in [1.29, 1.82) is 0 Å². The molecule has 0 saturated carbocycles. The van der Waals surface area contributed by atoms with E-state index in [1.54, 1.807) is 7.11 Å². The van der Waals surface area contributed by atoms with Crippen LogP contribution in [0.1, 0.15) is 31.9 Å². The van der Waals surface area contributed by atoms with E-state index < -0.39 is 0 Å². The summed E-state index contributed by atoms with van der Waals surface area (Å²) in [6, 6.07) is 8.83. The zero-order valence-electron chi connectivity index (χ0n) is 11.0. The van der Waals surface area contributed by atoms with Gasteiger partial charge in [-0.1, -0.05) is 26.0 Å². The third kappa shape index (κ3) is 5.00. The summed E-state index contributed by atoms with van der Waals surface area (Å²) in [4.78, 5) is 0. The molecule has 1 N–H and O–H groups in total. The Morgan fingerprint density at radius 1 is 1.24 bits per heavy atom. The molecule has 17 heavy (non-hydrogen) atoms. The first-order valence-electron chi connectivity index (χ1n) is 6.26. The van der Waals surface area contributed by atoms with Crippen molar-refractivity contribution in [2.45, 2.75) is 26.3 Å². The van der Waals surface area contributed by atoms with Gasteiger partial charge >= 0.3 is 0 Å². The van der Waals surface area contributed by atoms with Gasteiger partial charge in [0.2, 0.25) is 0 Å². The average molecular weight is 253 g/mol. The molecular weight excluding hydrogens is 230 g/mol. The molecule has 0 aromatic heterocycles. The van der Waals surface area contributed by atoms with Gasteiger partial charge in [0.25, 0.3) is 0 Å². The van der Waals surface area contributed by atoms with E-state index in [4.69, 9.17) is 4.74 Å². The lowest BCUT2D eigenvalue weighted by atomic mass is 10.1. The molecule has 1 rings (SSSR count). The van der Waals surface area contributed by atoms with E-state index in [9.17, 15) is 0 Å². The predicted molar refractivity (Wildman–Crippen MR) is 77.0 cm³/mol. The first kappa shape index (κ1) is 14.4. The Labute approximate surface area is 109 Å². The summed E-state index contributed by atoms with van der Waals surface area (Å²) in [5, 5.41) is 3.60. The lowest BCUT2D eigenvalue weighted by Crippen LogP contribution is -2.24. The van der Waals surface area contributed by atoms with Crippen molar-refractivity contribution in [3.05, 3.63) is 29.8 Å². The summed E-state index contributed by atoms with van der Waals surface area (Å²) >= 11 is 1.98. The summed E-state index contributed by atoms with van der Waals surface area (Å²) < 4.78 is 5.19. The van der Waals surface area contributed by atoms with Crippen LogP contribution in [-0.2, 0) is 0 Å². The molecule has 0 aliphatic carbocycles. The number of ether oxygens (including phenoxy) is 1. The van der Waals surface area contributed by atoms with E-state index in [-0.39, 0.29) is 0 Å². The van der Waals surface area contributed by atoms with Crippen molar-refractivity contribution in [3.8, 4) is 5.75 Å². The molecule has 3 heteroatoms. The average Bonchev–Trinajstić information content (AvgIpc) is 2.39. The van der Waals surface area contributed by atoms with Crippen molar-refractivity contribution in [3.63, 3.8) is 0 Å². The molecule has 96 valence electrons. The number of methoxy groups -OCH3 is 1. The van der Waals surface area contributed by atoms with Crippen molar-refractivity contribution in [1.82, 2.24) is 5.32 Å². The lowest BCUT2D eigenvalue weighted by Gasteiger charge is -2.18. The molecule has 1 unspecified atom stereocenters. The first-order chi connectivity index (χ1) is 8.31. The van der Waals surface area contributed by atoms with Crippen LogP contribution in [0.3, 0.4) is 0 Å². The van der Waals surface area contributed by atoms with Crippen LogP contribution < -0.4 is 10.1 Å². The SMILES string of the molecule is CCCNC(CSCC)c1ccc(OC)cc1. The summed E-state index contributed by atoms with van der Waals surface area (Å²) in [7, 11) is 1.70. The minimum Gasteiger partial charge on any atom is -0.497 e. The molecule has 0 aliphatic rings. The Kier molecular flexibility index (Phi) is 7.13. The van der Waals surface area contributed by atoms with Gasteiger partial charge < -0.3 is 10.1 Å². The highest BCUT2D eigenvalue weighted by atomic mass is 32.2. The molecule has 0 amide bonds. The molecule has 2 nitrogen and oxygen atoms in total. The number of benzene rings is 1. The van der Waals surface area contributed by atoms with Gasteiger partial charge in [0.05, 0.1) is 7.11 Å². The van der Waals surface area contributed by atoms with Gasteiger partial charge in [0, 0.05) is 11.8 Å². The van der Waals surface area contributed by atoms with Gasteiger partial charge in [-0.3, -0.25) is 0 Å². The number of hydrogen-bond acceptors (Lipinski definition) is 3. The van der Waals surface area contributed by atoms with Gasteiger partial charge in [-0.05, 0) is 36.4 Å². The monoisotopic (exact) mass is 253 g/mol. The van der Waals surface area contributed by atoms with E-state index >= 15 is 0 Å². The van der Waals surface area contributed by atoms with Crippen LogP contribution in [0, 0.1) is 0 Å². The van der Waals surface area contributed by atoms with Crippen LogP contribution >= 0.6 is 11.8 Å². The summed E-state index contributed by atoms with van der Waals surface area (Å²) in [6.45, 7) is 5.47. The Bertz CT molecular complexity index is 292. The van der Waals surface area contributed by atoms with Crippen molar-refractivity contribution < 1.29 is 4.74 Å². The van der Waals surface area contributed by atoms with Crippen LogP contribution in [0.5, 0.6) is 5.75 Å². The number of thioether (sulfide) groups is 1. The highest BCUT2D eigenvalue weighted by Crippen LogP contribution is 2.21.